The molecule has 0 radical (unpaired) electrons. The summed E-state index contributed by atoms with van der Waals surface area (Å²) in [5.74, 6) is -1.37. The molecule has 2 aromatic carbocycles. The Labute approximate surface area is 162 Å². The van der Waals surface area contributed by atoms with Crippen LogP contribution in [0.4, 0.5) is 18.9 Å². The monoisotopic (exact) mass is 437 g/mol. The molecule has 7 heteroatoms. The Morgan fingerprint density at radius 3 is 2.63 bits per heavy atom. The first-order valence-corrected chi connectivity index (χ1v) is 9.22. The highest BCUT2D eigenvalue weighted by Gasteiger charge is 2.43. The van der Waals surface area contributed by atoms with Crippen LogP contribution < -0.4 is 5.32 Å². The summed E-state index contributed by atoms with van der Waals surface area (Å²) < 4.78 is 41.3. The molecule has 0 aromatic heterocycles. The number of nitrogens with one attached hydrogen (secondary N) is 1. The topological polar surface area (TPSA) is 49.3 Å². The van der Waals surface area contributed by atoms with Crippen molar-refractivity contribution in [1.29, 1.82) is 0 Å². The van der Waals surface area contributed by atoms with Gasteiger partial charge in [-0.05, 0) is 41.7 Å². The lowest BCUT2D eigenvalue weighted by atomic mass is 9.75. The quantitative estimate of drug-likeness (QED) is 0.567. The summed E-state index contributed by atoms with van der Waals surface area (Å²) in [6, 6.07) is 8.18. The molecule has 0 saturated carbocycles. The van der Waals surface area contributed by atoms with Crippen LogP contribution in [0.2, 0.25) is 0 Å². The Bertz CT molecular complexity index is 955. The van der Waals surface area contributed by atoms with Gasteiger partial charge >= 0.3 is 12.1 Å². The molecule has 3 atom stereocenters. The number of aromatic carboxylic acids is 1. The molecule has 3 nitrogen and oxygen atoms in total. The maximum absolute atomic E-state index is 13.6. The zero-order chi connectivity index (χ0) is 19.3. The molecule has 1 aliphatic heterocycles. The van der Waals surface area contributed by atoms with Crippen molar-refractivity contribution in [1.82, 2.24) is 0 Å². The predicted octanol–water partition coefficient (Wildman–Crippen LogP) is 5.99. The number of carboxylic acids is 1. The van der Waals surface area contributed by atoms with Crippen molar-refractivity contribution in [2.75, 3.05) is 5.32 Å². The maximum Gasteiger partial charge on any atom is 0.416 e. The first-order chi connectivity index (χ1) is 12.8. The van der Waals surface area contributed by atoms with Crippen LogP contribution in [0, 0.1) is 5.92 Å². The van der Waals surface area contributed by atoms with Crippen molar-refractivity contribution < 1.29 is 23.1 Å². The van der Waals surface area contributed by atoms with E-state index < -0.39 is 23.8 Å². The molecule has 27 heavy (non-hydrogen) atoms. The van der Waals surface area contributed by atoms with Crippen LogP contribution in [0.5, 0.6) is 0 Å². The maximum atomic E-state index is 13.6. The number of hydrogen-bond acceptors (Lipinski definition) is 2. The highest BCUT2D eigenvalue weighted by atomic mass is 79.9. The van der Waals surface area contributed by atoms with Gasteiger partial charge in [0, 0.05) is 10.4 Å². The van der Waals surface area contributed by atoms with E-state index in [0.29, 0.717) is 16.6 Å². The standard InChI is InChI=1S/C20H15BrF3NO2/c21-10-8-14-11-5-3-6-12(11)17(25-18(14)15(9-10)19(26)27)13-4-1-2-7-16(13)20(22,23)24/h1-5,7-9,11-12,17,25H,6H2,(H,26,27)/t11-,12+,17-/m0/s1. The van der Waals surface area contributed by atoms with Crippen LogP contribution in [-0.4, -0.2) is 11.1 Å². The minimum atomic E-state index is -4.48. The third-order valence-electron chi connectivity index (χ3n) is 5.27. The molecule has 0 spiro atoms. The zero-order valence-electron chi connectivity index (χ0n) is 13.9. The number of anilines is 1. The molecule has 0 fully saturated rings. The zero-order valence-corrected chi connectivity index (χ0v) is 15.5. The van der Waals surface area contributed by atoms with Crippen LogP contribution in [0.3, 0.4) is 0 Å². The molecule has 4 rings (SSSR count). The van der Waals surface area contributed by atoms with Gasteiger partial charge in [-0.25, -0.2) is 4.79 Å². The van der Waals surface area contributed by atoms with Gasteiger partial charge in [0.15, 0.2) is 0 Å². The fraction of sp³-hybridized carbons (Fsp3) is 0.250. The van der Waals surface area contributed by atoms with E-state index in [4.69, 9.17) is 0 Å². The lowest BCUT2D eigenvalue weighted by Gasteiger charge is -2.39. The van der Waals surface area contributed by atoms with Crippen molar-refractivity contribution in [3.05, 3.63) is 75.3 Å². The number of rotatable bonds is 2. The second-order valence-electron chi connectivity index (χ2n) is 6.78. The van der Waals surface area contributed by atoms with Crippen LogP contribution in [0.15, 0.2) is 53.0 Å². The van der Waals surface area contributed by atoms with Crippen molar-refractivity contribution in [3.63, 3.8) is 0 Å². The molecule has 2 aromatic rings. The van der Waals surface area contributed by atoms with Gasteiger partial charge in [0.1, 0.15) is 0 Å². The van der Waals surface area contributed by atoms with Crippen molar-refractivity contribution in [2.45, 2.75) is 24.6 Å². The molecular weight excluding hydrogens is 423 g/mol. The minimum Gasteiger partial charge on any atom is -0.478 e. The lowest BCUT2D eigenvalue weighted by molar-refractivity contribution is -0.138. The van der Waals surface area contributed by atoms with E-state index in [2.05, 4.69) is 21.2 Å². The average Bonchev–Trinajstić information content (AvgIpc) is 3.10. The Morgan fingerprint density at radius 1 is 1.19 bits per heavy atom. The second kappa shape index (κ2) is 6.41. The molecule has 0 bridgehead atoms. The molecule has 0 unspecified atom stereocenters. The van der Waals surface area contributed by atoms with Gasteiger partial charge in [0.25, 0.3) is 0 Å². The SMILES string of the molecule is O=C(O)c1cc(Br)cc2c1N[C@H](c1ccccc1C(F)(F)F)[C@@H]1CC=C[C@H]21. The van der Waals surface area contributed by atoms with Gasteiger partial charge in [0.05, 0.1) is 22.9 Å². The van der Waals surface area contributed by atoms with E-state index in [1.54, 1.807) is 6.07 Å². The summed E-state index contributed by atoms with van der Waals surface area (Å²) in [6.45, 7) is 0. The average molecular weight is 438 g/mol. The Balaban J connectivity index is 1.90. The lowest BCUT2D eigenvalue weighted by Crippen LogP contribution is -2.32. The highest BCUT2D eigenvalue weighted by molar-refractivity contribution is 9.10. The number of carbonyl (C=O) groups is 1. The van der Waals surface area contributed by atoms with Crippen molar-refractivity contribution in [2.24, 2.45) is 5.92 Å². The summed E-state index contributed by atoms with van der Waals surface area (Å²) in [7, 11) is 0. The highest BCUT2D eigenvalue weighted by Crippen LogP contribution is 2.52. The number of hydrogen-bond donors (Lipinski definition) is 2. The molecule has 2 aliphatic rings. The molecule has 140 valence electrons. The van der Waals surface area contributed by atoms with Gasteiger partial charge in [-0.1, -0.05) is 46.3 Å². The molecule has 1 heterocycles. The molecule has 0 saturated heterocycles. The smallest absolute Gasteiger partial charge is 0.416 e. The molecular formula is C20H15BrF3NO2. The van der Waals surface area contributed by atoms with Gasteiger partial charge in [0.2, 0.25) is 0 Å². The summed E-state index contributed by atoms with van der Waals surface area (Å²) in [4.78, 5) is 11.7. The Hall–Kier alpha value is -2.28. The third kappa shape index (κ3) is 3.04. The number of carboxylic acid groups (broad SMARTS) is 1. The number of benzene rings is 2. The van der Waals surface area contributed by atoms with Gasteiger partial charge < -0.3 is 10.4 Å². The van der Waals surface area contributed by atoms with Crippen LogP contribution in [0.25, 0.3) is 0 Å². The largest absolute Gasteiger partial charge is 0.478 e. The van der Waals surface area contributed by atoms with Crippen LogP contribution >= 0.6 is 15.9 Å². The van der Waals surface area contributed by atoms with Gasteiger partial charge in [-0.15, -0.1) is 0 Å². The minimum absolute atomic E-state index is 0.0487. The molecule has 0 amide bonds. The molecule has 1 aliphatic carbocycles. The first-order valence-electron chi connectivity index (χ1n) is 8.43. The summed E-state index contributed by atoms with van der Waals surface area (Å²) in [6.07, 6.45) is 0.0700. The predicted molar refractivity (Wildman–Crippen MR) is 98.9 cm³/mol. The van der Waals surface area contributed by atoms with Crippen LogP contribution in [0.1, 0.15) is 45.4 Å². The fourth-order valence-electron chi connectivity index (χ4n) is 4.17. The van der Waals surface area contributed by atoms with E-state index in [1.807, 2.05) is 18.2 Å². The van der Waals surface area contributed by atoms with Crippen molar-refractivity contribution in [3.8, 4) is 0 Å². The number of halogens is 4. The van der Waals surface area contributed by atoms with E-state index in [1.165, 1.54) is 18.2 Å². The van der Waals surface area contributed by atoms with Crippen molar-refractivity contribution >= 4 is 27.6 Å². The Morgan fingerprint density at radius 2 is 1.93 bits per heavy atom. The third-order valence-corrected chi connectivity index (χ3v) is 5.72. The van der Waals surface area contributed by atoms with Crippen LogP contribution in [-0.2, 0) is 6.18 Å². The fourth-order valence-corrected chi connectivity index (χ4v) is 4.64. The Kier molecular flexibility index (Phi) is 4.29. The summed E-state index contributed by atoms with van der Waals surface area (Å²) in [5.41, 5.74) is 0.688. The second-order valence-corrected chi connectivity index (χ2v) is 7.70. The van der Waals surface area contributed by atoms with E-state index in [9.17, 15) is 23.1 Å². The molecule has 2 N–H and O–H groups in total. The van der Waals surface area contributed by atoms with Gasteiger partial charge in [-0.2, -0.15) is 13.2 Å². The van der Waals surface area contributed by atoms with E-state index in [-0.39, 0.29) is 23.0 Å². The first kappa shape index (κ1) is 18.1. The normalized spacial score (nSPS) is 23.5. The number of allylic oxidation sites excluding steroid dienone is 2. The summed E-state index contributed by atoms with van der Waals surface area (Å²) in [5, 5.41) is 12.7. The number of fused-ring (bicyclic) bond motifs is 3. The summed E-state index contributed by atoms with van der Waals surface area (Å²) >= 11 is 3.34. The number of alkyl halides is 3. The van der Waals surface area contributed by atoms with E-state index >= 15 is 0 Å². The van der Waals surface area contributed by atoms with E-state index in [0.717, 1.165) is 11.6 Å². The van der Waals surface area contributed by atoms with Gasteiger partial charge in [-0.3, -0.25) is 0 Å².